The Morgan fingerprint density at radius 1 is 1.26 bits per heavy atom. The monoisotopic (exact) mass is 259 g/mol. The third-order valence-electron chi connectivity index (χ3n) is 2.36. The summed E-state index contributed by atoms with van der Waals surface area (Å²) in [7, 11) is 0. The van der Waals surface area contributed by atoms with Crippen LogP contribution in [0.15, 0.2) is 40.8 Å². The molecular formula is C13H9NO5. The highest BCUT2D eigenvalue weighted by Crippen LogP contribution is 2.16. The van der Waals surface area contributed by atoms with Gasteiger partial charge >= 0.3 is 5.97 Å². The number of non-ortho nitro benzene ring substituents is 1. The van der Waals surface area contributed by atoms with Gasteiger partial charge in [-0.1, -0.05) is 18.2 Å². The Morgan fingerprint density at radius 2 is 2.05 bits per heavy atom. The minimum absolute atomic E-state index is 0.00665. The first-order valence-corrected chi connectivity index (χ1v) is 5.32. The number of carboxylic acid groups (broad SMARTS) is 1. The highest BCUT2D eigenvalue weighted by Gasteiger charge is 2.07. The van der Waals surface area contributed by atoms with Gasteiger partial charge in [0.1, 0.15) is 5.76 Å². The molecule has 0 atom stereocenters. The SMILES string of the molecule is O=C(O)c1ccc(/C=C/c2cccc([N+](=O)[O-])c2)o1. The maximum absolute atomic E-state index is 10.6. The van der Waals surface area contributed by atoms with Crippen LogP contribution in [0.1, 0.15) is 21.9 Å². The molecule has 0 saturated heterocycles. The van der Waals surface area contributed by atoms with E-state index in [9.17, 15) is 14.9 Å². The molecule has 6 heteroatoms. The second-order valence-electron chi connectivity index (χ2n) is 3.69. The number of hydrogen-bond donors (Lipinski definition) is 1. The Kier molecular flexibility index (Phi) is 3.42. The van der Waals surface area contributed by atoms with Crippen molar-refractivity contribution in [2.24, 2.45) is 0 Å². The van der Waals surface area contributed by atoms with Crippen molar-refractivity contribution in [2.45, 2.75) is 0 Å². The van der Waals surface area contributed by atoms with Crippen LogP contribution in [0, 0.1) is 10.1 Å². The normalized spacial score (nSPS) is 10.7. The minimum Gasteiger partial charge on any atom is -0.475 e. The van der Waals surface area contributed by atoms with Crippen LogP contribution in [0.25, 0.3) is 12.2 Å². The molecule has 96 valence electrons. The van der Waals surface area contributed by atoms with Gasteiger partial charge in [0.05, 0.1) is 4.92 Å². The average Bonchev–Trinajstić information content (AvgIpc) is 2.85. The lowest BCUT2D eigenvalue weighted by Crippen LogP contribution is -1.91. The highest BCUT2D eigenvalue weighted by atomic mass is 16.6. The van der Waals surface area contributed by atoms with Gasteiger partial charge < -0.3 is 9.52 Å². The van der Waals surface area contributed by atoms with Crippen LogP contribution in [0.3, 0.4) is 0 Å². The van der Waals surface area contributed by atoms with Gasteiger partial charge in [0, 0.05) is 12.1 Å². The molecule has 0 aliphatic heterocycles. The molecule has 1 heterocycles. The highest BCUT2D eigenvalue weighted by molar-refractivity contribution is 5.85. The molecule has 1 aromatic heterocycles. The number of benzene rings is 1. The Labute approximate surface area is 107 Å². The first-order chi connectivity index (χ1) is 9.06. The molecule has 2 aromatic rings. The molecule has 2 rings (SSSR count). The van der Waals surface area contributed by atoms with E-state index in [1.54, 1.807) is 24.3 Å². The van der Waals surface area contributed by atoms with Crippen molar-refractivity contribution >= 4 is 23.8 Å². The molecule has 0 saturated carbocycles. The topological polar surface area (TPSA) is 93.6 Å². The number of carboxylic acids is 1. The lowest BCUT2D eigenvalue weighted by Gasteiger charge is -1.93. The van der Waals surface area contributed by atoms with Crippen LogP contribution in [-0.4, -0.2) is 16.0 Å². The second kappa shape index (κ2) is 5.18. The maximum Gasteiger partial charge on any atom is 0.371 e. The Morgan fingerprint density at radius 3 is 2.68 bits per heavy atom. The summed E-state index contributed by atoms with van der Waals surface area (Å²) in [5, 5.41) is 19.3. The third-order valence-corrected chi connectivity index (χ3v) is 2.36. The van der Waals surface area contributed by atoms with Gasteiger partial charge in [-0.2, -0.15) is 0 Å². The molecule has 0 bridgehead atoms. The summed E-state index contributed by atoms with van der Waals surface area (Å²) in [4.78, 5) is 20.7. The van der Waals surface area contributed by atoms with E-state index < -0.39 is 10.9 Å². The van der Waals surface area contributed by atoms with Crippen molar-refractivity contribution in [3.63, 3.8) is 0 Å². The van der Waals surface area contributed by atoms with Crippen LogP contribution in [-0.2, 0) is 0 Å². The molecule has 1 N–H and O–H groups in total. The van der Waals surface area contributed by atoms with E-state index in [0.717, 1.165) is 0 Å². The Balaban J connectivity index is 2.19. The molecule has 0 unspecified atom stereocenters. The lowest BCUT2D eigenvalue weighted by molar-refractivity contribution is -0.384. The van der Waals surface area contributed by atoms with Crippen molar-refractivity contribution in [3.8, 4) is 0 Å². The van der Waals surface area contributed by atoms with E-state index >= 15 is 0 Å². The number of aromatic carboxylic acids is 1. The molecule has 0 spiro atoms. The summed E-state index contributed by atoms with van der Waals surface area (Å²) in [6.07, 6.45) is 3.16. The fraction of sp³-hybridized carbons (Fsp3) is 0. The van der Waals surface area contributed by atoms with Crippen LogP contribution in [0.5, 0.6) is 0 Å². The fourth-order valence-corrected chi connectivity index (χ4v) is 1.48. The van der Waals surface area contributed by atoms with Crippen LogP contribution in [0.2, 0.25) is 0 Å². The molecule has 0 amide bonds. The minimum atomic E-state index is -1.14. The molecule has 0 aliphatic carbocycles. The van der Waals surface area contributed by atoms with E-state index in [4.69, 9.17) is 9.52 Å². The van der Waals surface area contributed by atoms with E-state index in [1.807, 2.05) is 0 Å². The van der Waals surface area contributed by atoms with Gasteiger partial charge in [-0.15, -0.1) is 0 Å². The average molecular weight is 259 g/mol. The zero-order chi connectivity index (χ0) is 13.8. The quantitative estimate of drug-likeness (QED) is 0.672. The first-order valence-electron chi connectivity index (χ1n) is 5.32. The predicted octanol–water partition coefficient (Wildman–Crippen LogP) is 3.06. The zero-order valence-electron chi connectivity index (χ0n) is 9.65. The predicted molar refractivity (Wildman–Crippen MR) is 67.7 cm³/mol. The van der Waals surface area contributed by atoms with Crippen molar-refractivity contribution in [3.05, 3.63) is 63.6 Å². The fourth-order valence-electron chi connectivity index (χ4n) is 1.48. The van der Waals surface area contributed by atoms with Gasteiger partial charge in [-0.3, -0.25) is 10.1 Å². The number of nitro benzene ring substituents is 1. The van der Waals surface area contributed by atoms with E-state index in [2.05, 4.69) is 0 Å². The summed E-state index contributed by atoms with van der Waals surface area (Å²) in [6, 6.07) is 8.93. The van der Waals surface area contributed by atoms with Crippen LogP contribution >= 0.6 is 0 Å². The maximum atomic E-state index is 10.6. The summed E-state index contributed by atoms with van der Waals surface area (Å²) in [5.74, 6) is -0.933. The third kappa shape index (κ3) is 3.06. The smallest absolute Gasteiger partial charge is 0.371 e. The Hall–Kier alpha value is -2.89. The van der Waals surface area contributed by atoms with Gasteiger partial charge in [-0.25, -0.2) is 4.79 Å². The molecule has 0 aliphatic rings. The number of hydrogen-bond acceptors (Lipinski definition) is 4. The number of carbonyl (C=O) groups is 1. The number of nitro groups is 1. The summed E-state index contributed by atoms with van der Waals surface area (Å²) >= 11 is 0. The number of rotatable bonds is 4. The number of nitrogens with zero attached hydrogens (tertiary/aromatic N) is 1. The molecular weight excluding hydrogens is 250 g/mol. The van der Waals surface area contributed by atoms with E-state index in [0.29, 0.717) is 11.3 Å². The van der Waals surface area contributed by atoms with Gasteiger partial charge in [0.2, 0.25) is 5.76 Å². The standard InChI is InChI=1S/C13H9NO5/c15-13(16)12-7-6-11(19-12)5-4-9-2-1-3-10(8-9)14(17)18/h1-8H,(H,15,16)/b5-4+. The summed E-state index contributed by atoms with van der Waals surface area (Å²) in [6.45, 7) is 0. The van der Waals surface area contributed by atoms with Crippen molar-refractivity contribution in [2.75, 3.05) is 0 Å². The molecule has 0 fully saturated rings. The molecule has 1 aromatic carbocycles. The zero-order valence-corrected chi connectivity index (χ0v) is 9.65. The summed E-state index contributed by atoms with van der Waals surface area (Å²) in [5.41, 5.74) is 0.621. The molecule has 19 heavy (non-hydrogen) atoms. The van der Waals surface area contributed by atoms with Gasteiger partial charge in [0.25, 0.3) is 5.69 Å². The molecule has 0 radical (unpaired) electrons. The van der Waals surface area contributed by atoms with Gasteiger partial charge in [0.15, 0.2) is 0 Å². The van der Waals surface area contributed by atoms with Crippen molar-refractivity contribution in [1.29, 1.82) is 0 Å². The van der Waals surface area contributed by atoms with Crippen molar-refractivity contribution < 1.29 is 19.2 Å². The Bertz CT molecular complexity index is 657. The largest absolute Gasteiger partial charge is 0.475 e. The first kappa shape index (κ1) is 12.6. The lowest BCUT2D eigenvalue weighted by atomic mass is 10.2. The summed E-state index contributed by atoms with van der Waals surface area (Å²) < 4.78 is 5.02. The van der Waals surface area contributed by atoms with Crippen LogP contribution < -0.4 is 0 Å². The molecule has 6 nitrogen and oxygen atoms in total. The number of furan rings is 1. The van der Waals surface area contributed by atoms with E-state index in [-0.39, 0.29) is 11.4 Å². The van der Waals surface area contributed by atoms with Gasteiger partial charge in [-0.05, 0) is 23.8 Å². The van der Waals surface area contributed by atoms with E-state index in [1.165, 1.54) is 24.3 Å². The second-order valence-corrected chi connectivity index (χ2v) is 3.69. The van der Waals surface area contributed by atoms with Crippen LogP contribution in [0.4, 0.5) is 5.69 Å². The van der Waals surface area contributed by atoms with Crippen molar-refractivity contribution in [1.82, 2.24) is 0 Å².